The van der Waals surface area contributed by atoms with Gasteiger partial charge in [-0.05, 0) is 25.0 Å². The quantitative estimate of drug-likeness (QED) is 0.715. The van der Waals surface area contributed by atoms with E-state index in [0.29, 0.717) is 12.1 Å². The molecule has 2 aliphatic heterocycles. The summed E-state index contributed by atoms with van der Waals surface area (Å²) in [5.41, 5.74) is 1.50. The van der Waals surface area contributed by atoms with Crippen LogP contribution in [0.25, 0.3) is 0 Å². The first-order valence-electron chi connectivity index (χ1n) is 8.88. The van der Waals surface area contributed by atoms with Crippen molar-refractivity contribution >= 4 is 39.0 Å². The Morgan fingerprint density at radius 1 is 1.29 bits per heavy atom. The number of aryl methyl sites for hydroxylation is 1. The molecule has 0 radical (unpaired) electrons. The highest BCUT2D eigenvalue weighted by Gasteiger charge is 2.37. The van der Waals surface area contributed by atoms with Crippen LogP contribution in [0.2, 0.25) is 0 Å². The van der Waals surface area contributed by atoms with E-state index in [1.807, 2.05) is 19.1 Å². The molecular weight excluding hydrogens is 386 g/mol. The largest absolute Gasteiger partial charge is 0.451 e. The lowest BCUT2D eigenvalue weighted by atomic mass is 10.1. The van der Waals surface area contributed by atoms with E-state index in [2.05, 4.69) is 10.4 Å². The van der Waals surface area contributed by atoms with E-state index in [1.54, 1.807) is 12.1 Å². The van der Waals surface area contributed by atoms with Gasteiger partial charge in [0.15, 0.2) is 16.4 Å². The molecule has 1 aromatic carbocycles. The number of esters is 1. The average Bonchev–Trinajstić information content (AvgIpc) is 3.01. The van der Waals surface area contributed by atoms with Crippen molar-refractivity contribution in [2.75, 3.05) is 23.4 Å². The Balaban J connectivity index is 1.59. The summed E-state index contributed by atoms with van der Waals surface area (Å²) in [5.74, 6) is -1.78. The second kappa shape index (κ2) is 8.09. The molecular formula is C18H21N3O6S. The Morgan fingerprint density at radius 2 is 2.04 bits per heavy atom. The number of para-hydroxylation sites is 1. The van der Waals surface area contributed by atoms with Crippen LogP contribution in [0, 0.1) is 6.92 Å². The third kappa shape index (κ3) is 4.75. The fraction of sp³-hybridized carbons (Fsp3) is 0.444. The van der Waals surface area contributed by atoms with Gasteiger partial charge in [-0.1, -0.05) is 18.2 Å². The molecule has 10 heteroatoms. The highest BCUT2D eigenvalue weighted by Crippen LogP contribution is 2.22. The van der Waals surface area contributed by atoms with E-state index in [0.717, 1.165) is 10.6 Å². The maximum absolute atomic E-state index is 12.2. The van der Waals surface area contributed by atoms with Crippen molar-refractivity contribution in [3.63, 3.8) is 0 Å². The minimum atomic E-state index is -3.19. The number of nitrogens with zero attached hydrogens (tertiary/aromatic N) is 2. The number of sulfone groups is 1. The van der Waals surface area contributed by atoms with E-state index < -0.39 is 34.4 Å². The van der Waals surface area contributed by atoms with Gasteiger partial charge in [0.25, 0.3) is 5.91 Å². The van der Waals surface area contributed by atoms with Gasteiger partial charge < -0.3 is 10.1 Å². The molecule has 1 atom stereocenters. The van der Waals surface area contributed by atoms with E-state index in [-0.39, 0.29) is 36.0 Å². The Bertz CT molecular complexity index is 940. The number of ether oxygens (including phenoxy) is 1. The van der Waals surface area contributed by atoms with E-state index in [9.17, 15) is 22.8 Å². The maximum Gasteiger partial charge on any atom is 0.355 e. The lowest BCUT2D eigenvalue weighted by Crippen LogP contribution is -2.42. The molecule has 28 heavy (non-hydrogen) atoms. The molecule has 1 saturated heterocycles. The van der Waals surface area contributed by atoms with Gasteiger partial charge in [0.1, 0.15) is 5.71 Å². The Kier molecular flexibility index (Phi) is 5.78. The summed E-state index contributed by atoms with van der Waals surface area (Å²) in [5, 5.41) is 7.75. The van der Waals surface area contributed by atoms with Crippen molar-refractivity contribution in [3.05, 3.63) is 29.8 Å². The fourth-order valence-corrected chi connectivity index (χ4v) is 4.78. The summed E-state index contributed by atoms with van der Waals surface area (Å²) in [6.07, 6.45) is 0.422. The van der Waals surface area contributed by atoms with Crippen LogP contribution in [0.4, 0.5) is 5.69 Å². The molecule has 150 valence electrons. The molecule has 0 bridgehead atoms. The fourth-order valence-electron chi connectivity index (χ4n) is 3.09. The number of amides is 2. The summed E-state index contributed by atoms with van der Waals surface area (Å²) in [4.78, 5) is 36.3. The Labute approximate surface area is 162 Å². The van der Waals surface area contributed by atoms with Crippen LogP contribution in [0.1, 0.15) is 24.8 Å². The molecule has 0 spiro atoms. The lowest BCUT2D eigenvalue weighted by molar-refractivity contribution is -0.141. The summed E-state index contributed by atoms with van der Waals surface area (Å²) in [6, 6.07) is 6.63. The van der Waals surface area contributed by atoms with Crippen LogP contribution >= 0.6 is 0 Å². The van der Waals surface area contributed by atoms with Crippen molar-refractivity contribution in [3.8, 4) is 0 Å². The predicted molar refractivity (Wildman–Crippen MR) is 101 cm³/mol. The van der Waals surface area contributed by atoms with Gasteiger partial charge in [-0.25, -0.2) is 18.2 Å². The summed E-state index contributed by atoms with van der Waals surface area (Å²) < 4.78 is 28.3. The topological polar surface area (TPSA) is 122 Å². The molecule has 0 aliphatic carbocycles. The smallest absolute Gasteiger partial charge is 0.355 e. The summed E-state index contributed by atoms with van der Waals surface area (Å²) in [7, 11) is -3.19. The van der Waals surface area contributed by atoms with Gasteiger partial charge in [0.05, 0.1) is 17.5 Å². The number of carbonyl (C=O) groups is 3. The molecule has 0 aromatic heterocycles. The van der Waals surface area contributed by atoms with Gasteiger partial charge in [-0.2, -0.15) is 5.10 Å². The molecule has 2 aliphatic rings. The third-order valence-corrected chi connectivity index (χ3v) is 6.35. The molecule has 1 aromatic rings. The van der Waals surface area contributed by atoms with E-state index in [4.69, 9.17) is 4.74 Å². The molecule has 2 amide bonds. The van der Waals surface area contributed by atoms with Crippen molar-refractivity contribution in [1.29, 1.82) is 0 Å². The molecule has 1 fully saturated rings. The maximum atomic E-state index is 12.2. The van der Waals surface area contributed by atoms with Crippen LogP contribution in [0.15, 0.2) is 29.4 Å². The highest BCUT2D eigenvalue weighted by atomic mass is 32.2. The predicted octanol–water partition coefficient (Wildman–Crippen LogP) is 0.642. The van der Waals surface area contributed by atoms with Gasteiger partial charge in [0, 0.05) is 18.5 Å². The number of rotatable bonds is 5. The van der Waals surface area contributed by atoms with Crippen LogP contribution in [-0.4, -0.2) is 61.1 Å². The number of hydrazone groups is 1. The first-order valence-corrected chi connectivity index (χ1v) is 10.7. The van der Waals surface area contributed by atoms with Crippen molar-refractivity contribution < 1.29 is 27.5 Å². The van der Waals surface area contributed by atoms with Crippen LogP contribution in [0.3, 0.4) is 0 Å². The number of nitrogens with one attached hydrogen (secondary N) is 1. The minimum Gasteiger partial charge on any atom is -0.451 e. The number of benzene rings is 1. The van der Waals surface area contributed by atoms with Crippen molar-refractivity contribution in [2.24, 2.45) is 5.10 Å². The zero-order valence-corrected chi connectivity index (χ0v) is 16.2. The van der Waals surface area contributed by atoms with Crippen LogP contribution < -0.4 is 5.32 Å². The molecule has 0 saturated carbocycles. The SMILES string of the molecule is Cc1ccccc1NC(=O)COC(=O)C1=NN([C@H]2CCS(=O)(=O)C2)C(=O)CC1. The molecule has 9 nitrogen and oxygen atoms in total. The van der Waals surface area contributed by atoms with Crippen molar-refractivity contribution in [2.45, 2.75) is 32.2 Å². The molecule has 2 heterocycles. The summed E-state index contributed by atoms with van der Waals surface area (Å²) >= 11 is 0. The highest BCUT2D eigenvalue weighted by molar-refractivity contribution is 7.91. The number of hydrogen-bond donors (Lipinski definition) is 1. The van der Waals surface area contributed by atoms with Crippen molar-refractivity contribution in [1.82, 2.24) is 5.01 Å². The lowest BCUT2D eigenvalue weighted by Gasteiger charge is -2.27. The summed E-state index contributed by atoms with van der Waals surface area (Å²) in [6.45, 7) is 1.35. The van der Waals surface area contributed by atoms with Gasteiger partial charge in [0.2, 0.25) is 5.91 Å². The standard InChI is InChI=1S/C18H21N3O6S/c1-12-4-2-3-5-14(12)19-16(22)10-27-18(24)15-6-7-17(23)21(20-15)13-8-9-28(25,26)11-13/h2-5,13H,6-11H2,1H3,(H,19,22)/t13-/m0/s1. The molecule has 0 unspecified atom stereocenters. The first-order chi connectivity index (χ1) is 13.2. The normalized spacial score (nSPS) is 21.2. The average molecular weight is 407 g/mol. The van der Waals surface area contributed by atoms with Gasteiger partial charge in [-0.3, -0.25) is 9.59 Å². The molecule has 3 rings (SSSR count). The Hall–Kier alpha value is -2.75. The molecule has 1 N–H and O–H groups in total. The van der Waals surface area contributed by atoms with E-state index >= 15 is 0 Å². The zero-order chi connectivity index (χ0) is 20.3. The third-order valence-electron chi connectivity index (χ3n) is 4.60. The van der Waals surface area contributed by atoms with Gasteiger partial charge >= 0.3 is 5.97 Å². The number of hydrogen-bond acceptors (Lipinski definition) is 7. The van der Waals surface area contributed by atoms with Gasteiger partial charge in [-0.15, -0.1) is 0 Å². The number of anilines is 1. The first kappa shape index (κ1) is 20.0. The Morgan fingerprint density at radius 3 is 2.71 bits per heavy atom. The number of carbonyl (C=O) groups excluding carboxylic acids is 3. The second-order valence-corrected chi connectivity index (χ2v) is 9.01. The van der Waals surface area contributed by atoms with Crippen LogP contribution in [-0.2, 0) is 29.0 Å². The monoisotopic (exact) mass is 407 g/mol. The van der Waals surface area contributed by atoms with E-state index in [1.165, 1.54) is 0 Å². The zero-order valence-electron chi connectivity index (χ0n) is 15.4. The van der Waals surface area contributed by atoms with Crippen LogP contribution in [0.5, 0.6) is 0 Å². The minimum absolute atomic E-state index is 0.00415. The second-order valence-electron chi connectivity index (χ2n) is 6.78.